The van der Waals surface area contributed by atoms with Gasteiger partial charge in [-0.2, -0.15) is 19.1 Å². The van der Waals surface area contributed by atoms with Crippen molar-refractivity contribution in [2.45, 2.75) is 13.5 Å². The van der Waals surface area contributed by atoms with Gasteiger partial charge in [0.2, 0.25) is 0 Å². The first-order valence-electron chi connectivity index (χ1n) is 8.18. The van der Waals surface area contributed by atoms with Gasteiger partial charge < -0.3 is 14.2 Å². The lowest BCUT2D eigenvalue weighted by atomic mass is 10.2. The number of halogens is 2. The van der Waals surface area contributed by atoms with Crippen molar-refractivity contribution < 1.29 is 27.8 Å². The number of alkyl halides is 2. The van der Waals surface area contributed by atoms with E-state index in [2.05, 4.69) is 15.3 Å². The molecule has 0 saturated heterocycles. The molecule has 9 heteroatoms. The van der Waals surface area contributed by atoms with Crippen molar-refractivity contribution in [1.82, 2.24) is 5.43 Å². The fourth-order valence-corrected chi connectivity index (χ4v) is 2.05. The van der Waals surface area contributed by atoms with E-state index in [1.165, 1.54) is 24.4 Å². The number of carbonyl (C=O) groups excluding carboxylic acids is 1. The molecule has 28 heavy (non-hydrogen) atoms. The highest BCUT2D eigenvalue weighted by atomic mass is 19.3. The van der Waals surface area contributed by atoms with Gasteiger partial charge in [0.05, 0.1) is 24.5 Å². The number of rotatable bonds is 9. The van der Waals surface area contributed by atoms with Gasteiger partial charge in [0.25, 0.3) is 5.91 Å². The van der Waals surface area contributed by atoms with Crippen LogP contribution < -0.4 is 19.6 Å². The average molecular weight is 389 g/mol. The Kier molecular flexibility index (Phi) is 7.72. The Bertz CT molecular complexity index is 864. The summed E-state index contributed by atoms with van der Waals surface area (Å²) < 4.78 is 39.7. The standard InChI is InChI=1S/C19H17F2N3O4/c1-2-26-17-9-14(5-8-16(17)28-19(20)21)11-23-24-18(25)12-27-15-6-3-13(10-22)4-7-15/h3-9,11,19H,2,12H2,1H3,(H,24,25)/b23-11-. The van der Waals surface area contributed by atoms with Crippen LogP contribution in [0.4, 0.5) is 8.78 Å². The topological polar surface area (TPSA) is 92.9 Å². The van der Waals surface area contributed by atoms with Crippen molar-refractivity contribution in [3.63, 3.8) is 0 Å². The van der Waals surface area contributed by atoms with Crippen LogP contribution in [0.25, 0.3) is 0 Å². The summed E-state index contributed by atoms with van der Waals surface area (Å²) in [5.41, 5.74) is 3.28. The highest BCUT2D eigenvalue weighted by Crippen LogP contribution is 2.29. The third-order valence-electron chi connectivity index (χ3n) is 3.24. The normalized spacial score (nSPS) is 10.5. The second-order valence-electron chi connectivity index (χ2n) is 5.24. The van der Waals surface area contributed by atoms with Gasteiger partial charge in [0.15, 0.2) is 18.1 Å². The SMILES string of the molecule is CCOc1cc(/C=N\NC(=O)COc2ccc(C#N)cc2)ccc1OC(F)F. The number of nitrogens with one attached hydrogen (secondary N) is 1. The molecular formula is C19H17F2N3O4. The molecule has 0 heterocycles. The molecule has 0 radical (unpaired) electrons. The first-order chi connectivity index (χ1) is 13.5. The lowest BCUT2D eigenvalue weighted by Crippen LogP contribution is -2.24. The Labute approximate surface area is 160 Å². The van der Waals surface area contributed by atoms with Crippen LogP contribution in [0.3, 0.4) is 0 Å². The van der Waals surface area contributed by atoms with E-state index in [4.69, 9.17) is 14.7 Å². The van der Waals surface area contributed by atoms with E-state index < -0.39 is 12.5 Å². The molecule has 0 bridgehead atoms. The molecule has 7 nitrogen and oxygen atoms in total. The monoisotopic (exact) mass is 389 g/mol. The van der Waals surface area contributed by atoms with Crippen molar-refractivity contribution >= 4 is 12.1 Å². The minimum Gasteiger partial charge on any atom is -0.490 e. The smallest absolute Gasteiger partial charge is 0.387 e. The maximum Gasteiger partial charge on any atom is 0.387 e. The minimum absolute atomic E-state index is 0.0890. The number of hydrogen-bond acceptors (Lipinski definition) is 6. The fraction of sp³-hybridized carbons (Fsp3) is 0.211. The molecule has 0 aliphatic heterocycles. The summed E-state index contributed by atoms with van der Waals surface area (Å²) in [6, 6.07) is 12.6. The van der Waals surface area contributed by atoms with Gasteiger partial charge in [-0.05, 0) is 55.0 Å². The van der Waals surface area contributed by atoms with Gasteiger partial charge in [-0.15, -0.1) is 0 Å². The van der Waals surface area contributed by atoms with Gasteiger partial charge in [0.1, 0.15) is 5.75 Å². The highest BCUT2D eigenvalue weighted by Gasteiger charge is 2.11. The van der Waals surface area contributed by atoms with Crippen molar-refractivity contribution in [3.8, 4) is 23.3 Å². The Morgan fingerprint density at radius 1 is 1.21 bits per heavy atom. The number of ether oxygens (including phenoxy) is 3. The Morgan fingerprint density at radius 2 is 1.96 bits per heavy atom. The van der Waals surface area contributed by atoms with E-state index in [1.54, 1.807) is 31.2 Å². The Balaban J connectivity index is 1.89. The number of benzene rings is 2. The predicted octanol–water partition coefficient (Wildman–Crippen LogP) is 3.09. The molecule has 0 fully saturated rings. The summed E-state index contributed by atoms with van der Waals surface area (Å²) in [7, 11) is 0. The molecule has 146 valence electrons. The summed E-state index contributed by atoms with van der Waals surface area (Å²) in [6.45, 7) is -1.26. The second kappa shape index (κ2) is 10.5. The summed E-state index contributed by atoms with van der Waals surface area (Å²) >= 11 is 0. The van der Waals surface area contributed by atoms with E-state index in [0.717, 1.165) is 0 Å². The third kappa shape index (κ3) is 6.57. The summed E-state index contributed by atoms with van der Waals surface area (Å²) in [6.07, 6.45) is 1.33. The molecule has 2 aromatic carbocycles. The van der Waals surface area contributed by atoms with Crippen LogP contribution in [0.2, 0.25) is 0 Å². The molecule has 2 aromatic rings. The highest BCUT2D eigenvalue weighted by molar-refractivity contribution is 5.83. The number of amides is 1. The zero-order chi connectivity index (χ0) is 20.4. The summed E-state index contributed by atoms with van der Waals surface area (Å²) in [4.78, 5) is 11.7. The van der Waals surface area contributed by atoms with Crippen LogP contribution in [-0.2, 0) is 4.79 Å². The maximum atomic E-state index is 12.4. The lowest BCUT2D eigenvalue weighted by molar-refractivity contribution is -0.123. The first-order valence-corrected chi connectivity index (χ1v) is 8.18. The molecule has 0 saturated carbocycles. The van der Waals surface area contributed by atoms with E-state index in [0.29, 0.717) is 16.9 Å². The van der Waals surface area contributed by atoms with Gasteiger partial charge in [0, 0.05) is 0 Å². The Hall–Kier alpha value is -3.67. The number of hydrazone groups is 1. The molecule has 0 atom stereocenters. The average Bonchev–Trinajstić information content (AvgIpc) is 2.68. The molecule has 0 aliphatic rings. The largest absolute Gasteiger partial charge is 0.490 e. The van der Waals surface area contributed by atoms with Gasteiger partial charge in [-0.3, -0.25) is 4.79 Å². The minimum atomic E-state index is -2.96. The molecule has 1 amide bonds. The van der Waals surface area contributed by atoms with E-state index >= 15 is 0 Å². The van der Waals surface area contributed by atoms with Gasteiger partial charge in [-0.1, -0.05) is 0 Å². The number of carbonyl (C=O) groups is 1. The Morgan fingerprint density at radius 3 is 2.61 bits per heavy atom. The molecule has 1 N–H and O–H groups in total. The summed E-state index contributed by atoms with van der Waals surface area (Å²) in [5.74, 6) is -0.00604. The number of nitrogens with zero attached hydrogens (tertiary/aromatic N) is 2. The van der Waals surface area contributed by atoms with Crippen LogP contribution in [0.1, 0.15) is 18.1 Å². The summed E-state index contributed by atoms with van der Waals surface area (Å²) in [5, 5.41) is 12.5. The van der Waals surface area contributed by atoms with Crippen LogP contribution >= 0.6 is 0 Å². The van der Waals surface area contributed by atoms with Crippen LogP contribution in [0, 0.1) is 11.3 Å². The van der Waals surface area contributed by atoms with Gasteiger partial charge >= 0.3 is 6.61 Å². The molecule has 2 rings (SSSR count). The van der Waals surface area contributed by atoms with Crippen LogP contribution in [-0.4, -0.2) is 31.9 Å². The molecule has 0 aliphatic carbocycles. The van der Waals surface area contributed by atoms with Crippen molar-refractivity contribution in [2.24, 2.45) is 5.10 Å². The first kappa shape index (κ1) is 20.6. The van der Waals surface area contributed by atoms with Crippen molar-refractivity contribution in [3.05, 3.63) is 53.6 Å². The lowest BCUT2D eigenvalue weighted by Gasteiger charge is -2.11. The van der Waals surface area contributed by atoms with Crippen LogP contribution in [0.15, 0.2) is 47.6 Å². The van der Waals surface area contributed by atoms with Crippen molar-refractivity contribution in [1.29, 1.82) is 5.26 Å². The van der Waals surface area contributed by atoms with Crippen molar-refractivity contribution in [2.75, 3.05) is 13.2 Å². The van der Waals surface area contributed by atoms with E-state index in [1.807, 2.05) is 6.07 Å². The fourth-order valence-electron chi connectivity index (χ4n) is 2.05. The van der Waals surface area contributed by atoms with Gasteiger partial charge in [-0.25, -0.2) is 5.43 Å². The number of hydrogen-bond donors (Lipinski definition) is 1. The molecular weight excluding hydrogens is 372 g/mol. The van der Waals surface area contributed by atoms with E-state index in [9.17, 15) is 13.6 Å². The molecule has 0 aromatic heterocycles. The maximum absolute atomic E-state index is 12.4. The second-order valence-corrected chi connectivity index (χ2v) is 5.24. The third-order valence-corrected chi connectivity index (χ3v) is 3.24. The zero-order valence-electron chi connectivity index (χ0n) is 14.9. The number of nitriles is 1. The predicted molar refractivity (Wildman–Crippen MR) is 96.6 cm³/mol. The molecule has 0 unspecified atom stereocenters. The van der Waals surface area contributed by atoms with Crippen LogP contribution in [0.5, 0.6) is 17.2 Å². The quantitative estimate of drug-likeness (QED) is 0.526. The zero-order valence-corrected chi connectivity index (χ0v) is 14.9. The molecule has 0 spiro atoms. The van der Waals surface area contributed by atoms with E-state index in [-0.39, 0.29) is 24.7 Å².